The Labute approximate surface area is 148 Å². The van der Waals surface area contributed by atoms with Crippen LogP contribution in [-0.2, 0) is 0 Å². The van der Waals surface area contributed by atoms with Crippen LogP contribution in [0.3, 0.4) is 0 Å². The predicted octanol–water partition coefficient (Wildman–Crippen LogP) is 3.70. The van der Waals surface area contributed by atoms with Gasteiger partial charge in [0, 0.05) is 23.2 Å². The van der Waals surface area contributed by atoms with Gasteiger partial charge < -0.3 is 0 Å². The zero-order chi connectivity index (χ0) is 17.3. The number of fused-ring (bicyclic) bond motifs is 2. The molecule has 0 aromatic carbocycles. The Bertz CT molecular complexity index is 1160. The molecule has 6 nitrogen and oxygen atoms in total. The van der Waals surface area contributed by atoms with Gasteiger partial charge in [-0.15, -0.1) is 0 Å². The van der Waals surface area contributed by atoms with Crippen molar-refractivity contribution < 1.29 is 0 Å². The Morgan fingerprint density at radius 2 is 1.04 bits per heavy atom. The number of pyridine rings is 4. The maximum Gasteiger partial charge on any atom is 0.159 e. The van der Waals surface area contributed by atoms with Crippen molar-refractivity contribution in [2.24, 2.45) is 0 Å². The first-order valence-electron chi connectivity index (χ1n) is 8.13. The van der Waals surface area contributed by atoms with Crippen LogP contribution in [0.15, 0.2) is 73.3 Å². The van der Waals surface area contributed by atoms with Gasteiger partial charge in [-0.05, 0) is 54.6 Å². The molecular formula is C20H12N6. The van der Waals surface area contributed by atoms with E-state index < -0.39 is 0 Å². The number of hydrogen-bond acceptors (Lipinski definition) is 6. The lowest BCUT2D eigenvalue weighted by molar-refractivity contribution is 1.14. The van der Waals surface area contributed by atoms with Gasteiger partial charge in [0.25, 0.3) is 0 Å². The molecule has 0 N–H and O–H groups in total. The molecule has 0 aliphatic carbocycles. The lowest BCUT2D eigenvalue weighted by atomic mass is 10.1. The predicted molar refractivity (Wildman–Crippen MR) is 99.1 cm³/mol. The maximum atomic E-state index is 4.60. The van der Waals surface area contributed by atoms with Gasteiger partial charge >= 0.3 is 0 Å². The molecule has 0 amide bonds. The Balaban J connectivity index is 1.60. The van der Waals surface area contributed by atoms with Gasteiger partial charge in [-0.25, -0.2) is 29.9 Å². The molecule has 0 radical (unpaired) electrons. The van der Waals surface area contributed by atoms with Crippen LogP contribution < -0.4 is 0 Å². The van der Waals surface area contributed by atoms with Gasteiger partial charge in [-0.1, -0.05) is 0 Å². The minimum Gasteiger partial charge on any atom is -0.237 e. The van der Waals surface area contributed by atoms with Crippen LogP contribution in [0.5, 0.6) is 0 Å². The fourth-order valence-corrected chi connectivity index (χ4v) is 2.83. The van der Waals surface area contributed by atoms with Crippen LogP contribution in [0.2, 0.25) is 0 Å². The van der Waals surface area contributed by atoms with Crippen molar-refractivity contribution in [3.05, 3.63) is 73.3 Å². The second-order valence-corrected chi connectivity index (χ2v) is 5.78. The molecule has 6 heteroatoms. The summed E-state index contributed by atoms with van der Waals surface area (Å²) in [6.07, 6.45) is 4.99. The topological polar surface area (TPSA) is 77.3 Å². The van der Waals surface area contributed by atoms with Gasteiger partial charge in [0.1, 0.15) is 6.33 Å². The zero-order valence-electron chi connectivity index (χ0n) is 13.6. The second-order valence-electron chi connectivity index (χ2n) is 5.78. The van der Waals surface area contributed by atoms with Crippen molar-refractivity contribution in [1.82, 2.24) is 29.9 Å². The average molecular weight is 336 g/mol. The summed E-state index contributed by atoms with van der Waals surface area (Å²) in [5, 5.41) is 1.99. The Kier molecular flexibility index (Phi) is 3.31. The van der Waals surface area contributed by atoms with E-state index in [2.05, 4.69) is 29.9 Å². The first-order valence-corrected chi connectivity index (χ1v) is 8.13. The van der Waals surface area contributed by atoms with Gasteiger partial charge in [0.05, 0.1) is 22.8 Å². The smallest absolute Gasteiger partial charge is 0.159 e. The van der Waals surface area contributed by atoms with Gasteiger partial charge in [0.2, 0.25) is 0 Å². The van der Waals surface area contributed by atoms with E-state index in [-0.39, 0.29) is 0 Å². The summed E-state index contributed by atoms with van der Waals surface area (Å²) in [4.78, 5) is 26.5. The SMILES string of the molecule is c1cnc2nc(-c3cc(-c4ccc5cccnc5n4)ncn3)ccc2c1. The number of nitrogens with zero attached hydrogens (tertiary/aromatic N) is 6. The maximum absolute atomic E-state index is 4.60. The Morgan fingerprint density at radius 3 is 1.58 bits per heavy atom. The lowest BCUT2D eigenvalue weighted by Crippen LogP contribution is -1.94. The van der Waals surface area contributed by atoms with Crippen molar-refractivity contribution in [1.29, 1.82) is 0 Å². The minimum absolute atomic E-state index is 0.693. The normalized spacial score (nSPS) is 11.1. The fourth-order valence-electron chi connectivity index (χ4n) is 2.83. The highest BCUT2D eigenvalue weighted by Crippen LogP contribution is 2.23. The van der Waals surface area contributed by atoms with Crippen LogP contribution in [0, 0.1) is 0 Å². The molecule has 0 aliphatic rings. The first kappa shape index (κ1) is 14.5. The third kappa shape index (κ3) is 2.53. The Hall–Kier alpha value is -3.80. The van der Waals surface area contributed by atoms with Crippen LogP contribution >= 0.6 is 0 Å². The van der Waals surface area contributed by atoms with Crippen molar-refractivity contribution in [3.8, 4) is 22.8 Å². The standard InChI is InChI=1S/C20H12N6/c1-3-13-5-7-15(25-19(13)21-9-1)17-11-18(24-12-23-17)16-8-6-14-4-2-10-22-20(14)26-16/h1-12H. The molecule has 0 saturated carbocycles. The molecule has 122 valence electrons. The second kappa shape index (κ2) is 5.93. The minimum atomic E-state index is 0.693. The van der Waals surface area contributed by atoms with Crippen LogP contribution in [-0.4, -0.2) is 29.9 Å². The van der Waals surface area contributed by atoms with Crippen molar-refractivity contribution in [2.75, 3.05) is 0 Å². The summed E-state index contributed by atoms with van der Waals surface area (Å²) >= 11 is 0. The van der Waals surface area contributed by atoms with Crippen molar-refractivity contribution in [2.45, 2.75) is 0 Å². The quantitative estimate of drug-likeness (QED) is 0.489. The molecule has 5 rings (SSSR count). The van der Waals surface area contributed by atoms with Gasteiger partial charge in [-0.3, -0.25) is 0 Å². The summed E-state index contributed by atoms with van der Waals surface area (Å²) in [7, 11) is 0. The number of rotatable bonds is 2. The van der Waals surface area contributed by atoms with E-state index in [1.54, 1.807) is 12.4 Å². The highest BCUT2D eigenvalue weighted by Gasteiger charge is 2.08. The lowest BCUT2D eigenvalue weighted by Gasteiger charge is -2.05. The molecular weight excluding hydrogens is 324 g/mol. The highest BCUT2D eigenvalue weighted by atomic mass is 14.9. The van der Waals surface area contributed by atoms with Crippen molar-refractivity contribution >= 4 is 22.1 Å². The average Bonchev–Trinajstić information content (AvgIpc) is 2.73. The van der Waals surface area contributed by atoms with E-state index in [1.165, 1.54) is 6.33 Å². The fraction of sp³-hybridized carbons (Fsp3) is 0. The molecule has 0 fully saturated rings. The molecule has 0 saturated heterocycles. The highest BCUT2D eigenvalue weighted by molar-refractivity contribution is 5.79. The molecule has 0 atom stereocenters. The number of hydrogen-bond donors (Lipinski definition) is 0. The Morgan fingerprint density at radius 1 is 0.500 bits per heavy atom. The summed E-state index contributed by atoms with van der Waals surface area (Å²) in [6, 6.07) is 17.5. The summed E-state index contributed by atoms with van der Waals surface area (Å²) in [5.41, 5.74) is 4.34. The molecule has 5 heterocycles. The number of aromatic nitrogens is 6. The largest absolute Gasteiger partial charge is 0.237 e. The third-order valence-electron chi connectivity index (χ3n) is 4.12. The van der Waals surface area contributed by atoms with E-state index in [0.717, 1.165) is 33.5 Å². The molecule has 5 aromatic rings. The van der Waals surface area contributed by atoms with E-state index in [1.807, 2.05) is 54.6 Å². The summed E-state index contributed by atoms with van der Waals surface area (Å²) < 4.78 is 0. The summed E-state index contributed by atoms with van der Waals surface area (Å²) in [5.74, 6) is 0. The third-order valence-corrected chi connectivity index (χ3v) is 4.12. The molecule has 0 bridgehead atoms. The molecule has 0 aliphatic heterocycles. The van der Waals surface area contributed by atoms with Crippen molar-refractivity contribution in [3.63, 3.8) is 0 Å². The van der Waals surface area contributed by atoms with Crippen LogP contribution in [0.1, 0.15) is 0 Å². The molecule has 26 heavy (non-hydrogen) atoms. The van der Waals surface area contributed by atoms with Gasteiger partial charge in [0.15, 0.2) is 11.3 Å². The van der Waals surface area contributed by atoms with E-state index >= 15 is 0 Å². The van der Waals surface area contributed by atoms with Crippen LogP contribution in [0.4, 0.5) is 0 Å². The molecule has 5 aromatic heterocycles. The van der Waals surface area contributed by atoms with E-state index in [9.17, 15) is 0 Å². The molecule has 0 spiro atoms. The van der Waals surface area contributed by atoms with E-state index in [0.29, 0.717) is 11.3 Å². The van der Waals surface area contributed by atoms with Gasteiger partial charge in [-0.2, -0.15) is 0 Å². The summed E-state index contributed by atoms with van der Waals surface area (Å²) in [6.45, 7) is 0. The first-order chi connectivity index (χ1) is 12.9. The van der Waals surface area contributed by atoms with Crippen LogP contribution in [0.25, 0.3) is 44.8 Å². The van der Waals surface area contributed by atoms with E-state index in [4.69, 9.17) is 0 Å². The zero-order valence-corrected chi connectivity index (χ0v) is 13.6. The monoisotopic (exact) mass is 336 g/mol. The molecule has 0 unspecified atom stereocenters.